The molecule has 2 saturated heterocycles. The average Bonchev–Trinajstić information content (AvgIpc) is 2.89. The highest BCUT2D eigenvalue weighted by atomic mass is 16.7. The molecule has 0 bridgehead atoms. The summed E-state index contributed by atoms with van der Waals surface area (Å²) < 4.78 is 12.0. The van der Waals surface area contributed by atoms with Crippen molar-refractivity contribution in [1.29, 1.82) is 0 Å². The molecule has 3 heteroatoms. The molecule has 102 valence electrons. The summed E-state index contributed by atoms with van der Waals surface area (Å²) in [7, 11) is 0. The van der Waals surface area contributed by atoms with Crippen LogP contribution in [0.2, 0.25) is 0 Å². The first-order chi connectivity index (χ1) is 8.92. The predicted molar refractivity (Wildman–Crippen MR) is 71.4 cm³/mol. The van der Waals surface area contributed by atoms with Crippen LogP contribution in [0, 0.1) is 5.92 Å². The Morgan fingerprint density at radius 2 is 2.00 bits per heavy atom. The van der Waals surface area contributed by atoms with Crippen molar-refractivity contribution in [2.24, 2.45) is 5.92 Å². The first-order valence-electron chi connectivity index (χ1n) is 7.56. The molecule has 3 atom stereocenters. The van der Waals surface area contributed by atoms with Gasteiger partial charge in [-0.3, -0.25) is 0 Å². The molecule has 2 fully saturated rings. The highest BCUT2D eigenvalue weighted by Crippen LogP contribution is 2.29. The standard InChI is InChI=1S/C15H25NO2/c1-3-7-13(8-4-1)15-17-12-14(18-15)11-16-9-5-2-6-10-16/h1,3,13-15H,2,4-12H2/t13-,14-,15-/m0/s1. The van der Waals surface area contributed by atoms with E-state index in [9.17, 15) is 0 Å². The number of allylic oxidation sites excluding steroid dienone is 2. The van der Waals surface area contributed by atoms with Crippen LogP contribution < -0.4 is 0 Å². The van der Waals surface area contributed by atoms with E-state index in [2.05, 4.69) is 17.1 Å². The number of piperidine rings is 1. The van der Waals surface area contributed by atoms with Crippen LogP contribution in [0.25, 0.3) is 0 Å². The monoisotopic (exact) mass is 251 g/mol. The average molecular weight is 251 g/mol. The summed E-state index contributed by atoms with van der Waals surface area (Å²) in [6.07, 6.45) is 12.5. The maximum atomic E-state index is 6.11. The topological polar surface area (TPSA) is 21.7 Å². The third-order valence-corrected chi connectivity index (χ3v) is 4.38. The molecular formula is C15H25NO2. The van der Waals surface area contributed by atoms with Crippen LogP contribution in [0.3, 0.4) is 0 Å². The van der Waals surface area contributed by atoms with Crippen molar-refractivity contribution < 1.29 is 9.47 Å². The molecule has 1 aliphatic carbocycles. The Bertz CT molecular complexity index is 286. The minimum Gasteiger partial charge on any atom is -0.350 e. The first-order valence-corrected chi connectivity index (χ1v) is 7.56. The number of nitrogens with zero attached hydrogens (tertiary/aromatic N) is 1. The van der Waals surface area contributed by atoms with Crippen molar-refractivity contribution in [1.82, 2.24) is 4.90 Å². The van der Waals surface area contributed by atoms with Gasteiger partial charge in [0.2, 0.25) is 0 Å². The third-order valence-electron chi connectivity index (χ3n) is 4.38. The van der Waals surface area contributed by atoms with E-state index >= 15 is 0 Å². The molecule has 0 unspecified atom stereocenters. The maximum absolute atomic E-state index is 6.11. The molecule has 3 nitrogen and oxygen atoms in total. The largest absolute Gasteiger partial charge is 0.350 e. The second-order valence-electron chi connectivity index (χ2n) is 5.87. The normalized spacial score (nSPS) is 38.1. The zero-order valence-electron chi connectivity index (χ0n) is 11.2. The first kappa shape index (κ1) is 12.6. The fourth-order valence-electron chi connectivity index (χ4n) is 3.31. The third kappa shape index (κ3) is 3.14. The van der Waals surface area contributed by atoms with E-state index in [1.165, 1.54) is 45.2 Å². The molecular weight excluding hydrogens is 226 g/mol. The van der Waals surface area contributed by atoms with Gasteiger partial charge in [0, 0.05) is 12.5 Å². The summed E-state index contributed by atoms with van der Waals surface area (Å²) in [6, 6.07) is 0. The molecule has 2 heterocycles. The second kappa shape index (κ2) is 6.18. The smallest absolute Gasteiger partial charge is 0.161 e. The van der Waals surface area contributed by atoms with Crippen molar-refractivity contribution in [3.8, 4) is 0 Å². The Labute approximate surface area is 110 Å². The van der Waals surface area contributed by atoms with Crippen LogP contribution in [0.1, 0.15) is 38.5 Å². The molecule has 18 heavy (non-hydrogen) atoms. The van der Waals surface area contributed by atoms with E-state index in [0.29, 0.717) is 12.0 Å². The molecule has 0 aromatic carbocycles. The SMILES string of the molecule is C1=CC[C@H]([C@H]2OC[C@H](CN3CCCCC3)O2)CC1. The van der Waals surface area contributed by atoms with Gasteiger partial charge in [-0.05, 0) is 45.2 Å². The minimum absolute atomic E-state index is 0.0599. The Morgan fingerprint density at radius 1 is 1.11 bits per heavy atom. The van der Waals surface area contributed by atoms with Crippen LogP contribution >= 0.6 is 0 Å². The van der Waals surface area contributed by atoms with Gasteiger partial charge in [0.15, 0.2) is 6.29 Å². The summed E-state index contributed by atoms with van der Waals surface area (Å²) >= 11 is 0. The van der Waals surface area contributed by atoms with Crippen LogP contribution in [-0.4, -0.2) is 43.5 Å². The van der Waals surface area contributed by atoms with Crippen molar-refractivity contribution in [3.05, 3.63) is 12.2 Å². The van der Waals surface area contributed by atoms with E-state index < -0.39 is 0 Å². The zero-order valence-corrected chi connectivity index (χ0v) is 11.2. The Morgan fingerprint density at radius 3 is 2.78 bits per heavy atom. The van der Waals surface area contributed by atoms with Crippen LogP contribution in [0.4, 0.5) is 0 Å². The van der Waals surface area contributed by atoms with Crippen molar-refractivity contribution >= 4 is 0 Å². The minimum atomic E-state index is 0.0599. The van der Waals surface area contributed by atoms with Crippen molar-refractivity contribution in [2.45, 2.75) is 50.9 Å². The van der Waals surface area contributed by atoms with Gasteiger partial charge in [0.1, 0.15) is 0 Å². The highest BCUT2D eigenvalue weighted by Gasteiger charge is 2.33. The van der Waals surface area contributed by atoms with Crippen LogP contribution in [-0.2, 0) is 9.47 Å². The second-order valence-corrected chi connectivity index (χ2v) is 5.87. The van der Waals surface area contributed by atoms with Gasteiger partial charge in [-0.25, -0.2) is 0 Å². The van der Waals surface area contributed by atoms with Crippen LogP contribution in [0.15, 0.2) is 12.2 Å². The van der Waals surface area contributed by atoms with Gasteiger partial charge < -0.3 is 14.4 Å². The quantitative estimate of drug-likeness (QED) is 0.720. The molecule has 0 aromatic rings. The van der Waals surface area contributed by atoms with Crippen molar-refractivity contribution in [3.63, 3.8) is 0 Å². The molecule has 0 aromatic heterocycles. The van der Waals surface area contributed by atoms with Gasteiger partial charge in [-0.1, -0.05) is 18.6 Å². The van der Waals surface area contributed by atoms with E-state index in [0.717, 1.165) is 19.6 Å². The van der Waals surface area contributed by atoms with Gasteiger partial charge in [0.25, 0.3) is 0 Å². The summed E-state index contributed by atoms with van der Waals surface area (Å²) in [5.74, 6) is 0.585. The Kier molecular flexibility index (Phi) is 4.34. The molecule has 0 saturated carbocycles. The van der Waals surface area contributed by atoms with Crippen molar-refractivity contribution in [2.75, 3.05) is 26.2 Å². The lowest BCUT2D eigenvalue weighted by molar-refractivity contribution is -0.101. The molecule has 0 radical (unpaired) electrons. The number of hydrogen-bond acceptors (Lipinski definition) is 3. The summed E-state index contributed by atoms with van der Waals surface area (Å²) in [4.78, 5) is 2.54. The molecule has 0 N–H and O–H groups in total. The summed E-state index contributed by atoms with van der Waals surface area (Å²) in [5.41, 5.74) is 0. The fourth-order valence-corrected chi connectivity index (χ4v) is 3.31. The van der Waals surface area contributed by atoms with Gasteiger partial charge >= 0.3 is 0 Å². The number of likely N-dealkylation sites (tertiary alicyclic amines) is 1. The number of ether oxygens (including phenoxy) is 2. The lowest BCUT2D eigenvalue weighted by atomic mass is 9.94. The lowest BCUT2D eigenvalue weighted by Gasteiger charge is -2.29. The number of hydrogen-bond donors (Lipinski definition) is 0. The molecule has 3 aliphatic rings. The highest BCUT2D eigenvalue weighted by molar-refractivity contribution is 4.92. The van der Waals surface area contributed by atoms with E-state index in [-0.39, 0.29) is 6.29 Å². The summed E-state index contributed by atoms with van der Waals surface area (Å²) in [5, 5.41) is 0. The van der Waals surface area contributed by atoms with Crippen LogP contribution in [0.5, 0.6) is 0 Å². The van der Waals surface area contributed by atoms with E-state index in [4.69, 9.17) is 9.47 Å². The fraction of sp³-hybridized carbons (Fsp3) is 0.867. The molecule has 0 amide bonds. The predicted octanol–water partition coefficient (Wildman–Crippen LogP) is 2.57. The molecule has 0 spiro atoms. The van der Waals surface area contributed by atoms with Gasteiger partial charge in [-0.2, -0.15) is 0 Å². The summed E-state index contributed by atoms with van der Waals surface area (Å²) in [6.45, 7) is 4.35. The number of rotatable bonds is 3. The Balaban J connectivity index is 1.44. The van der Waals surface area contributed by atoms with Gasteiger partial charge in [0.05, 0.1) is 12.7 Å². The van der Waals surface area contributed by atoms with E-state index in [1.54, 1.807) is 0 Å². The maximum Gasteiger partial charge on any atom is 0.161 e. The van der Waals surface area contributed by atoms with Gasteiger partial charge in [-0.15, -0.1) is 0 Å². The van der Waals surface area contributed by atoms with E-state index in [1.807, 2.05) is 0 Å². The molecule has 2 aliphatic heterocycles. The lowest BCUT2D eigenvalue weighted by Crippen LogP contribution is -2.37. The molecule has 3 rings (SSSR count). The Hall–Kier alpha value is -0.380. The zero-order chi connectivity index (χ0) is 12.2.